The molecule has 1 saturated heterocycles. The van der Waals surface area contributed by atoms with Crippen LogP contribution in [0.15, 0.2) is 11.4 Å². The topological polar surface area (TPSA) is 23.5 Å². The lowest BCUT2D eigenvalue weighted by Crippen LogP contribution is -2.24. The average molecular weight is 277 g/mol. The first kappa shape index (κ1) is 14.6. The maximum absolute atomic E-state index is 8.79. The predicted molar refractivity (Wildman–Crippen MR) is 81.2 cm³/mol. The minimum atomic E-state index is -0.0623. The zero-order chi connectivity index (χ0) is 13.7. The summed E-state index contributed by atoms with van der Waals surface area (Å²) in [7, 11) is 0. The Hall–Kier alpha value is -0.820. The standard InChI is InChI=1S/C16H23NOS/c1-16(2)7-4-9-17(10-8-16)13-15-14(5-3-11-18)6-12-19-15/h6,12,18H,4,7-11,13H2,1-2H3. The van der Waals surface area contributed by atoms with E-state index in [-0.39, 0.29) is 6.61 Å². The van der Waals surface area contributed by atoms with Gasteiger partial charge in [-0.05, 0) is 49.2 Å². The second-order valence-corrected chi connectivity index (χ2v) is 7.01. The minimum Gasteiger partial charge on any atom is -0.384 e. The summed E-state index contributed by atoms with van der Waals surface area (Å²) in [6.07, 6.45) is 3.89. The van der Waals surface area contributed by atoms with E-state index < -0.39 is 0 Å². The molecule has 1 fully saturated rings. The Kier molecular flexibility index (Phi) is 5.04. The zero-order valence-corrected chi connectivity index (χ0v) is 12.7. The molecule has 19 heavy (non-hydrogen) atoms. The highest BCUT2D eigenvalue weighted by molar-refractivity contribution is 7.10. The normalized spacial score (nSPS) is 19.5. The highest BCUT2D eigenvalue weighted by Crippen LogP contribution is 2.30. The maximum Gasteiger partial charge on any atom is 0.104 e. The van der Waals surface area contributed by atoms with Crippen molar-refractivity contribution in [3.8, 4) is 11.8 Å². The highest BCUT2D eigenvalue weighted by atomic mass is 32.1. The number of likely N-dealkylation sites (tertiary alicyclic amines) is 1. The van der Waals surface area contributed by atoms with Crippen LogP contribution in [0, 0.1) is 17.3 Å². The number of hydrogen-bond acceptors (Lipinski definition) is 3. The summed E-state index contributed by atoms with van der Waals surface area (Å²) in [5.74, 6) is 5.80. The van der Waals surface area contributed by atoms with Gasteiger partial charge in [0.1, 0.15) is 6.61 Å². The number of aliphatic hydroxyl groups excluding tert-OH is 1. The van der Waals surface area contributed by atoms with Crippen LogP contribution in [0.4, 0.5) is 0 Å². The molecule has 1 N–H and O–H groups in total. The van der Waals surface area contributed by atoms with Crippen LogP contribution in [0.25, 0.3) is 0 Å². The van der Waals surface area contributed by atoms with Crippen LogP contribution >= 0.6 is 11.3 Å². The van der Waals surface area contributed by atoms with Gasteiger partial charge in [-0.3, -0.25) is 4.90 Å². The first-order chi connectivity index (χ1) is 9.11. The molecule has 1 aliphatic heterocycles. The smallest absolute Gasteiger partial charge is 0.104 e. The minimum absolute atomic E-state index is 0.0623. The summed E-state index contributed by atoms with van der Waals surface area (Å²) < 4.78 is 0. The Morgan fingerprint density at radius 3 is 3.00 bits per heavy atom. The molecule has 1 aliphatic rings. The van der Waals surface area contributed by atoms with E-state index in [1.165, 1.54) is 37.2 Å². The lowest BCUT2D eigenvalue weighted by Gasteiger charge is -2.23. The predicted octanol–water partition coefficient (Wildman–Crippen LogP) is 3.10. The van der Waals surface area contributed by atoms with Gasteiger partial charge in [-0.15, -0.1) is 11.3 Å². The second-order valence-electron chi connectivity index (χ2n) is 6.01. The number of rotatable bonds is 2. The van der Waals surface area contributed by atoms with E-state index in [4.69, 9.17) is 5.11 Å². The molecule has 1 aromatic heterocycles. The van der Waals surface area contributed by atoms with Crippen molar-refractivity contribution in [1.82, 2.24) is 4.90 Å². The van der Waals surface area contributed by atoms with Crippen molar-refractivity contribution in [2.24, 2.45) is 5.41 Å². The summed E-state index contributed by atoms with van der Waals surface area (Å²) in [6.45, 7) is 8.06. The molecule has 0 amide bonds. The average Bonchev–Trinajstić information content (AvgIpc) is 2.72. The van der Waals surface area contributed by atoms with E-state index in [9.17, 15) is 0 Å². The first-order valence-electron chi connectivity index (χ1n) is 6.99. The number of aliphatic hydroxyl groups is 1. The fourth-order valence-electron chi connectivity index (χ4n) is 2.55. The molecular weight excluding hydrogens is 254 g/mol. The fourth-order valence-corrected chi connectivity index (χ4v) is 3.42. The molecule has 0 saturated carbocycles. The third kappa shape index (κ3) is 4.35. The molecule has 0 unspecified atom stereocenters. The molecule has 0 bridgehead atoms. The van der Waals surface area contributed by atoms with E-state index in [0.29, 0.717) is 5.41 Å². The van der Waals surface area contributed by atoms with E-state index >= 15 is 0 Å². The SMILES string of the molecule is CC1(C)CCCN(Cc2sccc2C#CCO)CC1. The van der Waals surface area contributed by atoms with Gasteiger partial charge in [-0.1, -0.05) is 25.7 Å². The van der Waals surface area contributed by atoms with Gasteiger partial charge < -0.3 is 5.11 Å². The lowest BCUT2D eigenvalue weighted by atomic mass is 9.85. The Bertz CT molecular complexity index is 467. The fraction of sp³-hybridized carbons (Fsp3) is 0.625. The summed E-state index contributed by atoms with van der Waals surface area (Å²) in [6, 6.07) is 2.06. The van der Waals surface area contributed by atoms with Gasteiger partial charge in [-0.25, -0.2) is 0 Å². The van der Waals surface area contributed by atoms with Crippen molar-refractivity contribution in [3.63, 3.8) is 0 Å². The Morgan fingerprint density at radius 2 is 2.21 bits per heavy atom. The molecule has 104 valence electrons. The quantitative estimate of drug-likeness (QED) is 0.840. The molecule has 3 heteroatoms. The molecule has 1 aromatic rings. The molecular formula is C16H23NOS. The monoisotopic (exact) mass is 277 g/mol. The highest BCUT2D eigenvalue weighted by Gasteiger charge is 2.23. The molecule has 2 heterocycles. The third-order valence-electron chi connectivity index (χ3n) is 3.85. The van der Waals surface area contributed by atoms with Gasteiger partial charge in [-0.2, -0.15) is 0 Å². The molecule has 0 atom stereocenters. The number of thiophene rings is 1. The Balaban J connectivity index is 1.99. The maximum atomic E-state index is 8.79. The zero-order valence-electron chi connectivity index (χ0n) is 11.9. The Morgan fingerprint density at radius 1 is 1.37 bits per heavy atom. The van der Waals surface area contributed by atoms with E-state index in [2.05, 4.69) is 42.0 Å². The largest absolute Gasteiger partial charge is 0.384 e. The molecule has 0 aliphatic carbocycles. The lowest BCUT2D eigenvalue weighted by molar-refractivity contribution is 0.257. The van der Waals surface area contributed by atoms with Crippen molar-refractivity contribution >= 4 is 11.3 Å². The number of nitrogens with zero attached hydrogens (tertiary/aromatic N) is 1. The summed E-state index contributed by atoms with van der Waals surface area (Å²) >= 11 is 1.77. The van der Waals surface area contributed by atoms with Gasteiger partial charge in [0.25, 0.3) is 0 Å². The molecule has 0 radical (unpaired) electrons. The van der Waals surface area contributed by atoms with Gasteiger partial charge in [0.15, 0.2) is 0 Å². The van der Waals surface area contributed by atoms with Crippen LogP contribution < -0.4 is 0 Å². The van der Waals surface area contributed by atoms with Gasteiger partial charge in [0.05, 0.1) is 0 Å². The van der Waals surface area contributed by atoms with Crippen molar-refractivity contribution < 1.29 is 5.11 Å². The van der Waals surface area contributed by atoms with Crippen LogP contribution in [0.5, 0.6) is 0 Å². The van der Waals surface area contributed by atoms with Crippen molar-refractivity contribution in [2.45, 2.75) is 39.7 Å². The van der Waals surface area contributed by atoms with Gasteiger partial charge in [0, 0.05) is 17.0 Å². The summed E-state index contributed by atoms with van der Waals surface area (Å²) in [5.41, 5.74) is 1.58. The van der Waals surface area contributed by atoms with E-state index in [1.54, 1.807) is 11.3 Å². The number of hydrogen-bond donors (Lipinski definition) is 1. The molecule has 0 spiro atoms. The molecule has 2 nitrogen and oxygen atoms in total. The van der Waals surface area contributed by atoms with Crippen molar-refractivity contribution in [1.29, 1.82) is 0 Å². The van der Waals surface area contributed by atoms with Gasteiger partial charge >= 0.3 is 0 Å². The molecule has 2 rings (SSSR count). The van der Waals surface area contributed by atoms with E-state index in [1.807, 2.05) is 0 Å². The van der Waals surface area contributed by atoms with Crippen LogP contribution in [0.2, 0.25) is 0 Å². The van der Waals surface area contributed by atoms with Crippen LogP contribution in [0.1, 0.15) is 43.6 Å². The first-order valence-corrected chi connectivity index (χ1v) is 7.87. The van der Waals surface area contributed by atoms with Crippen molar-refractivity contribution in [2.75, 3.05) is 19.7 Å². The molecule has 0 aromatic carbocycles. The third-order valence-corrected chi connectivity index (χ3v) is 4.75. The summed E-state index contributed by atoms with van der Waals surface area (Å²) in [4.78, 5) is 3.88. The Labute approximate surface area is 120 Å². The van der Waals surface area contributed by atoms with E-state index in [0.717, 1.165) is 12.1 Å². The van der Waals surface area contributed by atoms with Crippen LogP contribution in [-0.2, 0) is 6.54 Å². The second kappa shape index (κ2) is 6.56. The van der Waals surface area contributed by atoms with Gasteiger partial charge in [0.2, 0.25) is 0 Å². The van der Waals surface area contributed by atoms with Crippen molar-refractivity contribution in [3.05, 3.63) is 21.9 Å². The summed E-state index contributed by atoms with van der Waals surface area (Å²) in [5, 5.41) is 10.9. The van der Waals surface area contributed by atoms with Crippen LogP contribution in [0.3, 0.4) is 0 Å². The van der Waals surface area contributed by atoms with Crippen LogP contribution in [-0.4, -0.2) is 29.7 Å².